The Morgan fingerprint density at radius 3 is 2.58 bits per heavy atom. The first-order chi connectivity index (χ1) is 9.06. The Labute approximate surface area is 118 Å². The Kier molecular flexibility index (Phi) is 4.16. The minimum Gasteiger partial charge on any atom is -0.479 e. The Morgan fingerprint density at radius 2 is 1.95 bits per heavy atom. The fourth-order valence-corrected chi connectivity index (χ4v) is 2.12. The van der Waals surface area contributed by atoms with Crippen molar-refractivity contribution in [3.63, 3.8) is 0 Å². The van der Waals surface area contributed by atoms with Gasteiger partial charge >= 0.3 is 5.97 Å². The van der Waals surface area contributed by atoms with Crippen molar-refractivity contribution >= 4 is 27.6 Å². The van der Waals surface area contributed by atoms with Crippen LogP contribution in [0.4, 0.5) is 10.1 Å². The van der Waals surface area contributed by atoms with Crippen LogP contribution in [0.25, 0.3) is 0 Å². The quantitative estimate of drug-likeness (QED) is 0.899. The minimum atomic E-state index is -1.06. The van der Waals surface area contributed by atoms with E-state index in [1.807, 2.05) is 6.07 Å². The Morgan fingerprint density at radius 1 is 1.21 bits per heavy atom. The van der Waals surface area contributed by atoms with Crippen LogP contribution in [0, 0.1) is 5.82 Å². The zero-order valence-electron chi connectivity index (χ0n) is 9.81. The molecular weight excluding hydrogens is 313 g/mol. The topological polar surface area (TPSA) is 49.3 Å². The standard InChI is InChI=1S/C14H11BrFNO2/c15-10-4-2-6-12(8-10)17-13(14(18)19)9-3-1-5-11(16)7-9/h1-8,13,17H,(H,18,19). The summed E-state index contributed by atoms with van der Waals surface area (Å²) in [5, 5.41) is 12.1. The first-order valence-electron chi connectivity index (χ1n) is 5.56. The second-order valence-electron chi connectivity index (χ2n) is 3.98. The molecule has 1 atom stereocenters. The Bertz CT molecular complexity index is 604. The zero-order valence-corrected chi connectivity index (χ0v) is 11.4. The van der Waals surface area contributed by atoms with Gasteiger partial charge in [0, 0.05) is 10.2 Å². The van der Waals surface area contributed by atoms with Gasteiger partial charge in [-0.1, -0.05) is 34.1 Å². The summed E-state index contributed by atoms with van der Waals surface area (Å²) in [4.78, 5) is 11.3. The molecule has 2 aromatic rings. The highest BCUT2D eigenvalue weighted by Crippen LogP contribution is 2.23. The molecule has 0 radical (unpaired) electrons. The maximum Gasteiger partial charge on any atom is 0.330 e. The van der Waals surface area contributed by atoms with Crippen LogP contribution in [0.1, 0.15) is 11.6 Å². The first kappa shape index (κ1) is 13.5. The molecule has 0 bridgehead atoms. The predicted octanol–water partition coefficient (Wildman–Crippen LogP) is 3.83. The van der Waals surface area contributed by atoms with Gasteiger partial charge in [0.1, 0.15) is 5.82 Å². The summed E-state index contributed by atoms with van der Waals surface area (Å²) in [6.45, 7) is 0. The summed E-state index contributed by atoms with van der Waals surface area (Å²) in [6.07, 6.45) is 0. The highest BCUT2D eigenvalue weighted by Gasteiger charge is 2.20. The number of carboxylic acids is 1. The fourth-order valence-electron chi connectivity index (χ4n) is 1.72. The number of hydrogen-bond donors (Lipinski definition) is 2. The lowest BCUT2D eigenvalue weighted by atomic mass is 10.1. The molecule has 5 heteroatoms. The monoisotopic (exact) mass is 323 g/mol. The van der Waals surface area contributed by atoms with Crippen molar-refractivity contribution in [2.24, 2.45) is 0 Å². The van der Waals surface area contributed by atoms with Gasteiger partial charge in [0.15, 0.2) is 6.04 Å². The molecule has 2 N–H and O–H groups in total. The number of aliphatic carboxylic acids is 1. The van der Waals surface area contributed by atoms with E-state index in [1.165, 1.54) is 18.2 Å². The van der Waals surface area contributed by atoms with E-state index in [1.54, 1.807) is 24.3 Å². The SMILES string of the molecule is O=C(O)C(Nc1cccc(Br)c1)c1cccc(F)c1. The van der Waals surface area contributed by atoms with Gasteiger partial charge in [-0.2, -0.15) is 0 Å². The summed E-state index contributed by atoms with van der Waals surface area (Å²) < 4.78 is 14.0. The van der Waals surface area contributed by atoms with Crippen LogP contribution < -0.4 is 5.32 Å². The second kappa shape index (κ2) is 5.84. The molecular formula is C14H11BrFNO2. The molecule has 0 heterocycles. The van der Waals surface area contributed by atoms with Crippen molar-refractivity contribution in [1.29, 1.82) is 0 Å². The molecule has 0 aromatic heterocycles. The lowest BCUT2D eigenvalue weighted by molar-refractivity contribution is -0.138. The highest BCUT2D eigenvalue weighted by atomic mass is 79.9. The third-order valence-electron chi connectivity index (χ3n) is 2.56. The van der Waals surface area contributed by atoms with E-state index in [2.05, 4.69) is 21.2 Å². The minimum absolute atomic E-state index is 0.368. The number of benzene rings is 2. The van der Waals surface area contributed by atoms with E-state index >= 15 is 0 Å². The zero-order chi connectivity index (χ0) is 13.8. The molecule has 0 fully saturated rings. The molecule has 0 aliphatic carbocycles. The van der Waals surface area contributed by atoms with Gasteiger partial charge in [-0.3, -0.25) is 0 Å². The molecule has 0 aliphatic rings. The van der Waals surface area contributed by atoms with Gasteiger partial charge in [-0.15, -0.1) is 0 Å². The number of carbonyl (C=O) groups is 1. The number of rotatable bonds is 4. The van der Waals surface area contributed by atoms with E-state index in [0.29, 0.717) is 11.3 Å². The van der Waals surface area contributed by atoms with Crippen molar-refractivity contribution in [1.82, 2.24) is 0 Å². The first-order valence-corrected chi connectivity index (χ1v) is 6.36. The molecule has 2 rings (SSSR count). The average Bonchev–Trinajstić information content (AvgIpc) is 2.35. The number of nitrogens with one attached hydrogen (secondary N) is 1. The van der Waals surface area contributed by atoms with E-state index in [-0.39, 0.29) is 0 Å². The third kappa shape index (κ3) is 3.54. The van der Waals surface area contributed by atoms with Crippen LogP contribution in [0.3, 0.4) is 0 Å². The third-order valence-corrected chi connectivity index (χ3v) is 3.06. The van der Waals surface area contributed by atoms with E-state index in [0.717, 1.165) is 4.47 Å². The van der Waals surface area contributed by atoms with Crippen LogP contribution in [0.15, 0.2) is 53.0 Å². The fraction of sp³-hybridized carbons (Fsp3) is 0.0714. The van der Waals surface area contributed by atoms with Gasteiger partial charge in [0.25, 0.3) is 0 Å². The van der Waals surface area contributed by atoms with Crippen LogP contribution >= 0.6 is 15.9 Å². The van der Waals surface area contributed by atoms with E-state index in [4.69, 9.17) is 0 Å². The van der Waals surface area contributed by atoms with Gasteiger partial charge in [0.05, 0.1) is 0 Å². The Balaban J connectivity index is 2.29. The Hall–Kier alpha value is -1.88. The number of halogens is 2. The molecule has 0 aliphatic heterocycles. The van der Waals surface area contributed by atoms with Crippen molar-refractivity contribution in [3.8, 4) is 0 Å². The van der Waals surface area contributed by atoms with Gasteiger partial charge in [0.2, 0.25) is 0 Å². The number of anilines is 1. The smallest absolute Gasteiger partial charge is 0.330 e. The van der Waals surface area contributed by atoms with Crippen molar-refractivity contribution in [2.45, 2.75) is 6.04 Å². The largest absolute Gasteiger partial charge is 0.479 e. The van der Waals surface area contributed by atoms with Gasteiger partial charge < -0.3 is 10.4 Å². The van der Waals surface area contributed by atoms with Crippen LogP contribution in [-0.4, -0.2) is 11.1 Å². The molecule has 0 saturated heterocycles. The summed E-state index contributed by atoms with van der Waals surface area (Å²) >= 11 is 3.31. The van der Waals surface area contributed by atoms with Crippen molar-refractivity contribution < 1.29 is 14.3 Å². The molecule has 2 aromatic carbocycles. The van der Waals surface area contributed by atoms with Gasteiger partial charge in [-0.05, 0) is 35.9 Å². The lowest BCUT2D eigenvalue weighted by Crippen LogP contribution is -2.20. The van der Waals surface area contributed by atoms with Crippen LogP contribution in [0.2, 0.25) is 0 Å². The van der Waals surface area contributed by atoms with E-state index < -0.39 is 17.8 Å². The number of carboxylic acid groups (broad SMARTS) is 1. The summed E-state index contributed by atoms with van der Waals surface area (Å²) in [5.74, 6) is -1.52. The maximum absolute atomic E-state index is 13.2. The van der Waals surface area contributed by atoms with Crippen LogP contribution in [-0.2, 0) is 4.79 Å². The van der Waals surface area contributed by atoms with Crippen LogP contribution in [0.5, 0.6) is 0 Å². The van der Waals surface area contributed by atoms with Gasteiger partial charge in [-0.25, -0.2) is 9.18 Å². The average molecular weight is 324 g/mol. The van der Waals surface area contributed by atoms with Crippen molar-refractivity contribution in [3.05, 3.63) is 64.4 Å². The summed E-state index contributed by atoms with van der Waals surface area (Å²) in [6, 6.07) is 11.7. The second-order valence-corrected chi connectivity index (χ2v) is 4.90. The highest BCUT2D eigenvalue weighted by molar-refractivity contribution is 9.10. The molecule has 0 spiro atoms. The lowest BCUT2D eigenvalue weighted by Gasteiger charge is -2.16. The summed E-state index contributed by atoms with van der Waals surface area (Å²) in [7, 11) is 0. The summed E-state index contributed by atoms with van der Waals surface area (Å²) in [5.41, 5.74) is 1.01. The van der Waals surface area contributed by atoms with Crippen molar-refractivity contribution in [2.75, 3.05) is 5.32 Å². The molecule has 0 amide bonds. The number of hydrogen-bond acceptors (Lipinski definition) is 2. The maximum atomic E-state index is 13.2. The molecule has 3 nitrogen and oxygen atoms in total. The molecule has 0 saturated carbocycles. The van der Waals surface area contributed by atoms with E-state index in [9.17, 15) is 14.3 Å². The normalized spacial score (nSPS) is 11.9. The molecule has 98 valence electrons. The molecule has 19 heavy (non-hydrogen) atoms. The predicted molar refractivity (Wildman–Crippen MR) is 74.5 cm³/mol. The molecule has 1 unspecified atom stereocenters.